The third kappa shape index (κ3) is 4.48. The Morgan fingerprint density at radius 3 is 2.34 bits per heavy atom. The topological polar surface area (TPSA) is 124 Å². The van der Waals surface area contributed by atoms with E-state index in [1.165, 1.54) is 43.1 Å². The van der Waals surface area contributed by atoms with Crippen LogP contribution in [0.5, 0.6) is 5.75 Å². The molecule has 2 aromatic rings. The van der Waals surface area contributed by atoms with Crippen LogP contribution in [-0.4, -0.2) is 54.9 Å². The highest BCUT2D eigenvalue weighted by atomic mass is 32.2. The van der Waals surface area contributed by atoms with Crippen molar-refractivity contribution in [2.24, 2.45) is 11.7 Å². The number of amides is 2. The summed E-state index contributed by atoms with van der Waals surface area (Å²) < 4.78 is 31.4. The fraction of sp³-hybridized carbons (Fsp3) is 0.364. The van der Waals surface area contributed by atoms with E-state index in [0.29, 0.717) is 30.8 Å². The molecule has 0 bridgehead atoms. The van der Waals surface area contributed by atoms with Gasteiger partial charge in [-0.2, -0.15) is 8.42 Å². The van der Waals surface area contributed by atoms with E-state index in [1.54, 1.807) is 0 Å². The number of benzene rings is 2. The maximum absolute atomic E-state index is 13.8. The van der Waals surface area contributed by atoms with E-state index in [0.717, 1.165) is 4.90 Å². The lowest BCUT2D eigenvalue weighted by atomic mass is 9.97. The van der Waals surface area contributed by atoms with Gasteiger partial charge in [0.25, 0.3) is 0 Å². The second-order valence-corrected chi connectivity index (χ2v) is 10.8. The number of carbonyl (C=O) groups is 2. The number of quaternary nitrogens is 1. The molecular formula is C22H27N2O6S2+. The average molecular weight is 480 g/mol. The van der Waals surface area contributed by atoms with Crippen molar-refractivity contribution in [3.05, 3.63) is 54.6 Å². The number of sulfonamides is 1. The zero-order valence-electron chi connectivity index (χ0n) is 17.7. The van der Waals surface area contributed by atoms with Gasteiger partial charge in [-0.25, -0.2) is 9.59 Å². The zero-order chi connectivity index (χ0) is 23.4. The summed E-state index contributed by atoms with van der Waals surface area (Å²) in [6.45, 7) is -0.187. The second-order valence-electron chi connectivity index (χ2n) is 7.67. The second kappa shape index (κ2) is 9.93. The molecule has 0 aromatic heterocycles. The van der Waals surface area contributed by atoms with Crippen LogP contribution in [0.1, 0.15) is 19.3 Å². The molecule has 1 saturated heterocycles. The Labute approximate surface area is 192 Å². The molecule has 172 valence electrons. The summed E-state index contributed by atoms with van der Waals surface area (Å²) >= 11 is 1.44. The van der Waals surface area contributed by atoms with Crippen molar-refractivity contribution in [3.63, 3.8) is 0 Å². The number of thioether (sulfide) groups is 1. The van der Waals surface area contributed by atoms with Gasteiger partial charge in [0.05, 0.1) is 7.11 Å². The first-order valence-corrected chi connectivity index (χ1v) is 12.6. The number of nitrogens with two attached hydrogens (primary N) is 1. The highest BCUT2D eigenvalue weighted by molar-refractivity contribution is 7.99. The quantitative estimate of drug-likeness (QED) is 0.461. The normalized spacial score (nSPS) is 23.8. The van der Waals surface area contributed by atoms with Gasteiger partial charge in [-0.15, -0.1) is 15.7 Å². The fourth-order valence-corrected chi connectivity index (χ4v) is 7.37. The summed E-state index contributed by atoms with van der Waals surface area (Å²) in [5, 5.41) is 10.2. The molecule has 32 heavy (non-hydrogen) atoms. The van der Waals surface area contributed by atoms with Gasteiger partial charge >= 0.3 is 22.0 Å². The minimum atomic E-state index is -4.46. The molecule has 0 saturated carbocycles. The first kappa shape index (κ1) is 24.1. The number of nitrogens with zero attached hydrogens (tertiary/aromatic N) is 1. The monoisotopic (exact) mass is 479 g/mol. The van der Waals surface area contributed by atoms with E-state index in [2.05, 4.69) is 0 Å². The molecule has 3 rings (SSSR count). The van der Waals surface area contributed by atoms with Gasteiger partial charge < -0.3 is 15.6 Å². The number of rotatable bonds is 7. The summed E-state index contributed by atoms with van der Waals surface area (Å²) in [4.78, 5) is 26.1. The Kier molecular flexibility index (Phi) is 7.47. The smallest absolute Gasteiger partial charge is 0.430 e. The van der Waals surface area contributed by atoms with Crippen LogP contribution in [-0.2, 0) is 14.8 Å². The van der Waals surface area contributed by atoms with E-state index in [9.17, 15) is 23.1 Å². The van der Waals surface area contributed by atoms with Crippen LogP contribution in [0, 0.1) is 5.92 Å². The molecular weight excluding hydrogens is 452 g/mol. The largest absolute Gasteiger partial charge is 0.497 e. The van der Waals surface area contributed by atoms with E-state index in [4.69, 9.17) is 10.5 Å². The Balaban J connectivity index is 2.07. The molecule has 10 heteroatoms. The molecule has 1 aliphatic rings. The summed E-state index contributed by atoms with van der Waals surface area (Å²) in [6, 6.07) is 12.3. The number of urea groups is 1. The molecule has 2 amide bonds. The molecule has 1 aliphatic heterocycles. The number of carboxylic acid groups (broad SMARTS) is 1. The first-order valence-electron chi connectivity index (χ1n) is 10.2. The van der Waals surface area contributed by atoms with Crippen molar-refractivity contribution in [2.45, 2.75) is 35.1 Å². The van der Waals surface area contributed by atoms with Crippen LogP contribution in [0.15, 0.2) is 64.4 Å². The van der Waals surface area contributed by atoms with E-state index in [1.807, 2.05) is 30.3 Å². The maximum Gasteiger partial charge on any atom is 0.430 e. The third-order valence-electron chi connectivity index (χ3n) is 5.83. The number of methoxy groups -OCH3 is 1. The third-order valence-corrected chi connectivity index (χ3v) is 9.35. The summed E-state index contributed by atoms with van der Waals surface area (Å²) in [5.74, 6) is -1.12. The predicted molar refractivity (Wildman–Crippen MR) is 121 cm³/mol. The number of carbonyl (C=O) groups excluding carboxylic acids is 1. The summed E-state index contributed by atoms with van der Waals surface area (Å²) in [6.07, 6.45) is 1.46. The number of hydrogen-bond acceptors (Lipinski definition) is 6. The SMILES string of the molecule is COc1ccc(S(=O)(=O)[N+]2(C(N)=O)CCCCC(CSc3ccccc3)C2C(=O)O)cc1. The maximum atomic E-state index is 13.8. The standard InChI is InChI=1S/C22H26N2O6S2/c1-30-17-10-12-19(13-11-17)32(28,29)24(22(23)27)14-6-5-7-16(20(24)21(25)26)15-31-18-8-3-2-4-9-18/h2-4,8-13,16,20H,5-7,14-15H2,1H3,(H2-,23,25,26,27)/p+1. The molecule has 3 N–H and O–H groups in total. The predicted octanol–water partition coefficient (Wildman–Crippen LogP) is 3.33. The molecule has 1 fully saturated rings. The molecule has 1 heterocycles. The Morgan fingerprint density at radius 2 is 1.78 bits per heavy atom. The molecule has 3 unspecified atom stereocenters. The lowest BCUT2D eigenvalue weighted by Gasteiger charge is -2.38. The van der Waals surface area contributed by atoms with Gasteiger partial charge in [0, 0.05) is 16.6 Å². The number of carboxylic acids is 1. The number of likely N-dealkylation sites (tertiary alicyclic amines) is 1. The Hall–Kier alpha value is -2.56. The number of hydrogen-bond donors (Lipinski definition) is 2. The number of ether oxygens (including phenoxy) is 1. The van der Waals surface area contributed by atoms with Crippen LogP contribution in [0.4, 0.5) is 4.79 Å². The molecule has 3 atom stereocenters. The molecule has 2 aromatic carbocycles. The van der Waals surface area contributed by atoms with Crippen LogP contribution in [0.3, 0.4) is 0 Å². The van der Waals surface area contributed by atoms with Crippen molar-refractivity contribution in [1.82, 2.24) is 0 Å². The van der Waals surface area contributed by atoms with Crippen LogP contribution in [0.25, 0.3) is 0 Å². The summed E-state index contributed by atoms with van der Waals surface area (Å²) in [5.41, 5.74) is 5.71. The first-order chi connectivity index (χ1) is 15.2. The van der Waals surface area contributed by atoms with Crippen molar-refractivity contribution in [1.29, 1.82) is 0 Å². The van der Waals surface area contributed by atoms with Crippen LogP contribution in [0.2, 0.25) is 0 Å². The summed E-state index contributed by atoms with van der Waals surface area (Å²) in [7, 11) is -3.01. The van der Waals surface area contributed by atoms with Crippen LogP contribution < -0.4 is 10.5 Å². The molecule has 0 aliphatic carbocycles. The van der Waals surface area contributed by atoms with Gasteiger partial charge in [-0.1, -0.05) is 18.2 Å². The Morgan fingerprint density at radius 1 is 1.12 bits per heavy atom. The molecule has 0 radical (unpaired) electrons. The van der Waals surface area contributed by atoms with E-state index < -0.39 is 37.9 Å². The minimum absolute atomic E-state index is 0.167. The molecule has 8 nitrogen and oxygen atoms in total. The van der Waals surface area contributed by atoms with Crippen molar-refractivity contribution in [2.75, 3.05) is 19.4 Å². The van der Waals surface area contributed by atoms with Crippen molar-refractivity contribution >= 4 is 33.8 Å². The highest BCUT2D eigenvalue weighted by Gasteiger charge is 2.61. The lowest BCUT2D eigenvalue weighted by molar-refractivity contribution is -0.744. The van der Waals surface area contributed by atoms with Gasteiger partial charge in [0.15, 0.2) is 0 Å². The fourth-order valence-electron chi connectivity index (χ4n) is 4.24. The van der Waals surface area contributed by atoms with Crippen molar-refractivity contribution < 1.29 is 31.7 Å². The average Bonchev–Trinajstić information content (AvgIpc) is 2.99. The van der Waals surface area contributed by atoms with Crippen LogP contribution >= 0.6 is 11.8 Å². The van der Waals surface area contributed by atoms with E-state index >= 15 is 0 Å². The van der Waals surface area contributed by atoms with Crippen molar-refractivity contribution in [3.8, 4) is 5.75 Å². The number of aliphatic carboxylic acids is 1. The van der Waals surface area contributed by atoms with Gasteiger partial charge in [-0.3, -0.25) is 0 Å². The zero-order valence-corrected chi connectivity index (χ0v) is 19.3. The van der Waals surface area contributed by atoms with Gasteiger partial charge in [0.2, 0.25) is 6.04 Å². The lowest BCUT2D eigenvalue weighted by Crippen LogP contribution is -2.68. The van der Waals surface area contributed by atoms with Gasteiger partial charge in [-0.05, 0) is 55.7 Å². The Bertz CT molecular complexity index is 1060. The number of primary amides is 1. The molecule has 0 spiro atoms. The highest BCUT2D eigenvalue weighted by Crippen LogP contribution is 2.39. The van der Waals surface area contributed by atoms with E-state index in [-0.39, 0.29) is 11.4 Å². The van der Waals surface area contributed by atoms with Gasteiger partial charge in [0.1, 0.15) is 17.2 Å². The minimum Gasteiger partial charge on any atom is -0.497 e.